The Morgan fingerprint density at radius 2 is 2.00 bits per heavy atom. The summed E-state index contributed by atoms with van der Waals surface area (Å²) in [5.41, 5.74) is 3.46. The first kappa shape index (κ1) is 15.5. The lowest BCUT2D eigenvalue weighted by molar-refractivity contribution is 0.205. The third kappa shape index (κ3) is 3.42. The van der Waals surface area contributed by atoms with Gasteiger partial charge >= 0.3 is 0 Å². The molecule has 1 aliphatic rings. The first-order valence-corrected chi connectivity index (χ1v) is 7.78. The van der Waals surface area contributed by atoms with Crippen LogP contribution in [0.1, 0.15) is 57.7 Å². The van der Waals surface area contributed by atoms with Gasteiger partial charge in [-0.05, 0) is 41.2 Å². The molecule has 2 heteroatoms. The van der Waals surface area contributed by atoms with E-state index in [1.54, 1.807) is 0 Å². The second-order valence-electron chi connectivity index (χ2n) is 7.67. The number of fused-ring (bicyclic) bond motifs is 1. The smallest absolute Gasteiger partial charge is 0.0431 e. The molecule has 0 heterocycles. The van der Waals surface area contributed by atoms with Crippen molar-refractivity contribution >= 4 is 0 Å². The second-order valence-corrected chi connectivity index (χ2v) is 7.67. The summed E-state index contributed by atoms with van der Waals surface area (Å²) >= 11 is 0. The Bertz CT molecular complexity index is 450. The van der Waals surface area contributed by atoms with Gasteiger partial charge in [0.1, 0.15) is 0 Å². The molecular weight excluding hydrogens is 246 g/mol. The van der Waals surface area contributed by atoms with Crippen molar-refractivity contribution in [2.45, 2.75) is 53.0 Å². The lowest BCUT2D eigenvalue weighted by Gasteiger charge is -2.33. The summed E-state index contributed by atoms with van der Waals surface area (Å²) in [4.78, 5) is 0. The first-order chi connectivity index (χ1) is 9.36. The van der Waals surface area contributed by atoms with Gasteiger partial charge in [-0.15, -0.1) is 0 Å². The molecule has 0 aromatic heterocycles. The zero-order valence-corrected chi connectivity index (χ0v) is 13.4. The largest absolute Gasteiger partial charge is 0.396 e. The van der Waals surface area contributed by atoms with Crippen LogP contribution in [0.25, 0.3) is 0 Å². The Morgan fingerprint density at radius 1 is 1.30 bits per heavy atom. The highest BCUT2D eigenvalue weighted by molar-refractivity contribution is 5.37. The van der Waals surface area contributed by atoms with Crippen molar-refractivity contribution in [3.8, 4) is 0 Å². The Morgan fingerprint density at radius 3 is 2.70 bits per heavy atom. The van der Waals surface area contributed by atoms with Crippen LogP contribution in [0, 0.1) is 10.8 Å². The van der Waals surface area contributed by atoms with Gasteiger partial charge in [0.2, 0.25) is 0 Å². The van der Waals surface area contributed by atoms with Crippen LogP contribution in [0.15, 0.2) is 24.3 Å². The lowest BCUT2D eigenvalue weighted by atomic mass is 9.83. The van der Waals surface area contributed by atoms with Gasteiger partial charge < -0.3 is 10.4 Å². The van der Waals surface area contributed by atoms with E-state index in [-0.39, 0.29) is 10.8 Å². The summed E-state index contributed by atoms with van der Waals surface area (Å²) in [6, 6.07) is 9.25. The van der Waals surface area contributed by atoms with Crippen LogP contribution in [0.3, 0.4) is 0 Å². The van der Waals surface area contributed by atoms with Crippen molar-refractivity contribution in [3.05, 3.63) is 35.4 Å². The number of aliphatic hydroxyl groups is 1. The number of hydrogen-bond acceptors (Lipinski definition) is 2. The van der Waals surface area contributed by atoms with Crippen molar-refractivity contribution < 1.29 is 5.11 Å². The minimum atomic E-state index is 0.232. The Balaban J connectivity index is 2.05. The minimum Gasteiger partial charge on any atom is -0.396 e. The maximum absolute atomic E-state index is 9.00. The highest BCUT2D eigenvalue weighted by Gasteiger charge is 2.38. The molecule has 0 fully saturated rings. The fraction of sp³-hybridized carbons (Fsp3) is 0.667. The van der Waals surface area contributed by atoms with E-state index in [9.17, 15) is 0 Å². The number of rotatable bonds is 6. The average molecular weight is 275 g/mol. The number of hydrogen-bond donors (Lipinski definition) is 2. The SMILES string of the molecule is CC(C)(CCCO)CNC1c2ccccc2CC1(C)C. The highest BCUT2D eigenvalue weighted by atomic mass is 16.2. The molecule has 0 aliphatic heterocycles. The molecule has 112 valence electrons. The molecule has 2 N–H and O–H groups in total. The van der Waals surface area contributed by atoms with Gasteiger partial charge in [0.25, 0.3) is 0 Å². The summed E-state index contributed by atoms with van der Waals surface area (Å²) in [7, 11) is 0. The van der Waals surface area contributed by atoms with Crippen LogP contribution in [0.5, 0.6) is 0 Å². The van der Waals surface area contributed by atoms with Gasteiger partial charge in [-0.25, -0.2) is 0 Å². The molecule has 0 amide bonds. The van der Waals surface area contributed by atoms with E-state index < -0.39 is 0 Å². The molecular formula is C18H29NO. The van der Waals surface area contributed by atoms with Crippen LogP contribution >= 0.6 is 0 Å². The Labute approximate surface area is 123 Å². The molecule has 0 saturated carbocycles. The number of benzene rings is 1. The monoisotopic (exact) mass is 275 g/mol. The average Bonchev–Trinajstić information content (AvgIpc) is 2.64. The highest BCUT2D eigenvalue weighted by Crippen LogP contribution is 2.45. The van der Waals surface area contributed by atoms with Crippen LogP contribution < -0.4 is 5.32 Å². The third-order valence-electron chi connectivity index (χ3n) is 4.59. The summed E-state index contributed by atoms with van der Waals surface area (Å²) in [6.45, 7) is 10.6. The molecule has 0 radical (unpaired) electrons. The van der Waals surface area contributed by atoms with Crippen LogP contribution in [-0.4, -0.2) is 18.3 Å². The predicted octanol–water partition coefficient (Wildman–Crippen LogP) is 3.70. The van der Waals surface area contributed by atoms with Crippen molar-refractivity contribution in [1.82, 2.24) is 5.32 Å². The van der Waals surface area contributed by atoms with Crippen molar-refractivity contribution in [3.63, 3.8) is 0 Å². The van der Waals surface area contributed by atoms with Gasteiger partial charge in [0.05, 0.1) is 0 Å². The lowest BCUT2D eigenvalue weighted by Crippen LogP contribution is -2.37. The maximum Gasteiger partial charge on any atom is 0.0431 e. The molecule has 1 atom stereocenters. The molecule has 1 aromatic rings. The quantitative estimate of drug-likeness (QED) is 0.829. The fourth-order valence-electron chi connectivity index (χ4n) is 3.40. The van der Waals surface area contributed by atoms with Crippen LogP contribution in [-0.2, 0) is 6.42 Å². The maximum atomic E-state index is 9.00. The molecule has 0 spiro atoms. The molecule has 2 rings (SSSR count). The van der Waals surface area contributed by atoms with E-state index in [1.165, 1.54) is 11.1 Å². The van der Waals surface area contributed by atoms with Gasteiger partial charge in [0, 0.05) is 19.2 Å². The molecule has 0 bridgehead atoms. The summed E-state index contributed by atoms with van der Waals surface area (Å²) in [6.07, 6.45) is 3.10. The molecule has 0 saturated heterocycles. The summed E-state index contributed by atoms with van der Waals surface area (Å²) in [5.74, 6) is 0. The normalized spacial score (nSPS) is 20.9. The van der Waals surface area contributed by atoms with Crippen LogP contribution in [0.2, 0.25) is 0 Å². The molecule has 1 aliphatic carbocycles. The van der Waals surface area contributed by atoms with E-state index in [4.69, 9.17) is 5.11 Å². The van der Waals surface area contributed by atoms with E-state index in [1.807, 2.05) is 0 Å². The van der Waals surface area contributed by atoms with Gasteiger partial charge in [-0.1, -0.05) is 52.0 Å². The molecule has 1 unspecified atom stereocenters. The van der Waals surface area contributed by atoms with Crippen LogP contribution in [0.4, 0.5) is 0 Å². The zero-order valence-electron chi connectivity index (χ0n) is 13.4. The van der Waals surface area contributed by atoms with E-state index >= 15 is 0 Å². The van der Waals surface area contributed by atoms with Crippen molar-refractivity contribution in [1.29, 1.82) is 0 Å². The first-order valence-electron chi connectivity index (χ1n) is 7.78. The van der Waals surface area contributed by atoms with Crippen molar-refractivity contribution in [2.24, 2.45) is 10.8 Å². The topological polar surface area (TPSA) is 32.3 Å². The van der Waals surface area contributed by atoms with E-state index in [0.29, 0.717) is 12.6 Å². The number of aliphatic hydroxyl groups excluding tert-OH is 1. The Kier molecular flexibility index (Phi) is 4.55. The van der Waals surface area contributed by atoms with Gasteiger partial charge in [-0.2, -0.15) is 0 Å². The number of nitrogens with one attached hydrogen (secondary N) is 1. The second kappa shape index (κ2) is 5.87. The molecule has 20 heavy (non-hydrogen) atoms. The molecule has 1 aromatic carbocycles. The molecule has 2 nitrogen and oxygen atoms in total. The van der Waals surface area contributed by atoms with Gasteiger partial charge in [-0.3, -0.25) is 0 Å². The van der Waals surface area contributed by atoms with E-state index in [0.717, 1.165) is 25.8 Å². The predicted molar refractivity (Wildman–Crippen MR) is 84.8 cm³/mol. The minimum absolute atomic E-state index is 0.232. The van der Waals surface area contributed by atoms with E-state index in [2.05, 4.69) is 57.3 Å². The fourth-order valence-corrected chi connectivity index (χ4v) is 3.40. The van der Waals surface area contributed by atoms with Crippen molar-refractivity contribution in [2.75, 3.05) is 13.2 Å². The standard InChI is InChI=1S/C18H29NO/c1-17(2,10-7-11-20)13-19-16-15-9-6-5-8-14(15)12-18(16,3)4/h5-6,8-9,16,19-20H,7,10-13H2,1-4H3. The third-order valence-corrected chi connectivity index (χ3v) is 4.59. The summed E-state index contributed by atoms with van der Waals surface area (Å²) in [5, 5.41) is 12.8. The Hall–Kier alpha value is -0.860. The summed E-state index contributed by atoms with van der Waals surface area (Å²) < 4.78 is 0. The van der Waals surface area contributed by atoms with Gasteiger partial charge in [0.15, 0.2) is 0 Å². The zero-order chi connectivity index (χ0) is 14.8.